The van der Waals surface area contributed by atoms with Crippen molar-refractivity contribution < 1.29 is 45.0 Å². The summed E-state index contributed by atoms with van der Waals surface area (Å²) in [7, 11) is -9.64. The number of nitrogens with zero attached hydrogens (tertiary/aromatic N) is 2. The van der Waals surface area contributed by atoms with Crippen LogP contribution in [0.5, 0.6) is 0 Å². The molecule has 0 atom stereocenters. The minimum Gasteiger partial charge on any atom is -0.379 e. The van der Waals surface area contributed by atoms with E-state index in [1.807, 2.05) is 12.1 Å². The van der Waals surface area contributed by atoms with E-state index in [1.54, 1.807) is 36.4 Å². The number of morpholine rings is 2. The van der Waals surface area contributed by atoms with Gasteiger partial charge in [0, 0.05) is 61.8 Å². The van der Waals surface area contributed by atoms with Gasteiger partial charge in [-0.05, 0) is 70.8 Å². The van der Waals surface area contributed by atoms with Gasteiger partial charge in [-0.2, -0.15) is 16.8 Å². The van der Waals surface area contributed by atoms with Crippen molar-refractivity contribution >= 4 is 55.6 Å². The molecule has 2 fully saturated rings. The summed E-state index contributed by atoms with van der Waals surface area (Å²) in [5.74, 6) is -0.983. The van der Waals surface area contributed by atoms with E-state index in [4.69, 9.17) is 9.47 Å². The Bertz CT molecular complexity index is 2110. The molecule has 4 aromatic rings. The van der Waals surface area contributed by atoms with Crippen LogP contribution in [0.4, 0.5) is 11.4 Å². The van der Waals surface area contributed by atoms with Crippen LogP contribution in [0.1, 0.15) is 43.0 Å². The molecule has 4 N–H and O–H groups in total. The molecule has 0 aliphatic carbocycles. The van der Waals surface area contributed by atoms with Crippen LogP contribution in [0.25, 0.3) is 12.2 Å². The first-order valence-corrected chi connectivity index (χ1v) is 20.0. The maximum absolute atomic E-state index is 13.1. The minimum absolute atomic E-state index is 0.0290. The number of nitrogens with one attached hydrogen (secondary N) is 2. The molecule has 0 bridgehead atoms. The van der Waals surface area contributed by atoms with E-state index in [1.165, 1.54) is 36.4 Å². The number of amides is 2. The lowest BCUT2D eigenvalue weighted by Gasteiger charge is -2.26. The second-order valence-corrected chi connectivity index (χ2v) is 15.7. The van der Waals surface area contributed by atoms with E-state index in [0.717, 1.165) is 49.4 Å². The van der Waals surface area contributed by atoms with Gasteiger partial charge in [0.05, 0.1) is 26.4 Å². The van der Waals surface area contributed by atoms with Gasteiger partial charge in [0.25, 0.3) is 32.1 Å². The molecule has 6 rings (SSSR count). The molecule has 16 heteroatoms. The summed E-state index contributed by atoms with van der Waals surface area (Å²) in [6.07, 6.45) is 2.48. The van der Waals surface area contributed by atoms with Gasteiger partial charge in [-0.25, -0.2) is 0 Å². The highest BCUT2D eigenvalue weighted by Crippen LogP contribution is 2.27. The van der Waals surface area contributed by atoms with E-state index in [-0.39, 0.29) is 22.5 Å². The van der Waals surface area contributed by atoms with Crippen molar-refractivity contribution in [2.75, 3.05) is 63.2 Å². The van der Waals surface area contributed by atoms with Crippen molar-refractivity contribution in [1.29, 1.82) is 0 Å². The van der Waals surface area contributed by atoms with Crippen LogP contribution in [0.15, 0.2) is 94.7 Å². The predicted molar refractivity (Wildman–Crippen MR) is 202 cm³/mol. The standard InChI is InChI=1S/C38H40N4O10S2/c43-37(31-5-1-3-27(21-31)25-41-13-17-51-18-14-41)39-33-11-9-29(35(23-33)53(45,46)47)7-8-30-10-12-34(24-36(30)54(48,49)50)40-38(44)32-6-2-4-28(22-32)26-42-15-19-52-20-16-42/h1-12,21-24H,13-20,25-26H2,(H,39,43)(H,40,44)(H,45,46,47)(H,48,49,50). The fourth-order valence-corrected chi connectivity index (χ4v) is 7.61. The molecule has 0 spiro atoms. The van der Waals surface area contributed by atoms with Crippen molar-refractivity contribution in [3.05, 3.63) is 118 Å². The Morgan fingerprint density at radius 3 is 1.35 bits per heavy atom. The van der Waals surface area contributed by atoms with Gasteiger partial charge in [0.15, 0.2) is 0 Å². The zero-order chi connectivity index (χ0) is 38.3. The topological polar surface area (TPSA) is 192 Å². The molecule has 4 aromatic carbocycles. The Morgan fingerprint density at radius 2 is 0.981 bits per heavy atom. The molecule has 2 aliphatic rings. The zero-order valence-corrected chi connectivity index (χ0v) is 30.8. The molecule has 0 saturated carbocycles. The summed E-state index contributed by atoms with van der Waals surface area (Å²) in [4.78, 5) is 29.6. The number of hydrogen-bond acceptors (Lipinski definition) is 10. The molecule has 2 heterocycles. The minimum atomic E-state index is -4.82. The van der Waals surface area contributed by atoms with Crippen molar-refractivity contribution in [3.8, 4) is 0 Å². The van der Waals surface area contributed by atoms with E-state index in [0.29, 0.717) is 50.6 Å². The lowest BCUT2D eigenvalue weighted by atomic mass is 10.1. The Hall–Kier alpha value is -4.78. The van der Waals surface area contributed by atoms with Gasteiger partial charge in [0.1, 0.15) is 9.79 Å². The Morgan fingerprint density at radius 1 is 0.593 bits per heavy atom. The maximum atomic E-state index is 13.1. The molecule has 0 radical (unpaired) electrons. The first-order chi connectivity index (χ1) is 25.8. The Balaban J connectivity index is 1.17. The van der Waals surface area contributed by atoms with Gasteiger partial charge in [-0.3, -0.25) is 28.5 Å². The first kappa shape index (κ1) is 38.9. The largest absolute Gasteiger partial charge is 0.379 e. The molecule has 14 nitrogen and oxygen atoms in total. The third-order valence-corrected chi connectivity index (χ3v) is 10.8. The number of anilines is 2. The zero-order valence-electron chi connectivity index (χ0n) is 29.2. The molecule has 0 aromatic heterocycles. The number of hydrogen-bond donors (Lipinski definition) is 4. The van der Waals surface area contributed by atoms with Gasteiger partial charge >= 0.3 is 0 Å². The predicted octanol–water partition coefficient (Wildman–Crippen LogP) is 4.52. The quantitative estimate of drug-likeness (QED) is 0.116. The molecule has 2 amide bonds. The average molecular weight is 777 g/mol. The summed E-state index contributed by atoms with van der Waals surface area (Å²) in [5.41, 5.74) is 2.68. The SMILES string of the molecule is O=C(Nc1ccc(C=Cc2ccc(NC(=O)c3cccc(CN4CCOCC4)c3)cc2S(=O)(=O)O)c(S(=O)(=O)O)c1)c1cccc(CN2CCOCC2)c1. The summed E-state index contributed by atoms with van der Waals surface area (Å²) in [6.45, 7) is 6.96. The summed E-state index contributed by atoms with van der Waals surface area (Å²) in [5, 5.41) is 5.32. The smallest absolute Gasteiger partial charge is 0.295 e. The fraction of sp³-hybridized carbons (Fsp3) is 0.263. The number of benzene rings is 4. The van der Waals surface area contributed by atoms with Crippen LogP contribution in [0.3, 0.4) is 0 Å². The summed E-state index contributed by atoms with van der Waals surface area (Å²) < 4.78 is 80.6. The van der Waals surface area contributed by atoms with Gasteiger partial charge in [-0.1, -0.05) is 48.6 Å². The number of carbonyl (C=O) groups is 2. The van der Waals surface area contributed by atoms with E-state index in [9.17, 15) is 35.5 Å². The maximum Gasteiger partial charge on any atom is 0.295 e. The van der Waals surface area contributed by atoms with Gasteiger partial charge in [-0.15, -0.1) is 0 Å². The average Bonchev–Trinajstić information content (AvgIpc) is 3.15. The lowest BCUT2D eigenvalue weighted by Crippen LogP contribution is -2.35. The first-order valence-electron chi connectivity index (χ1n) is 17.1. The summed E-state index contributed by atoms with van der Waals surface area (Å²) in [6, 6.07) is 21.8. The van der Waals surface area contributed by atoms with Crippen LogP contribution in [-0.2, 0) is 42.8 Å². The van der Waals surface area contributed by atoms with E-state index in [2.05, 4.69) is 20.4 Å². The van der Waals surface area contributed by atoms with Gasteiger partial charge in [0.2, 0.25) is 0 Å². The molecule has 0 unspecified atom stereocenters. The van der Waals surface area contributed by atoms with Crippen LogP contribution in [0.2, 0.25) is 0 Å². The highest BCUT2D eigenvalue weighted by molar-refractivity contribution is 7.86. The van der Waals surface area contributed by atoms with Crippen LogP contribution < -0.4 is 10.6 Å². The van der Waals surface area contributed by atoms with Crippen molar-refractivity contribution in [2.45, 2.75) is 22.9 Å². The number of carbonyl (C=O) groups excluding carboxylic acids is 2. The highest BCUT2D eigenvalue weighted by Gasteiger charge is 2.20. The van der Waals surface area contributed by atoms with Crippen molar-refractivity contribution in [2.24, 2.45) is 0 Å². The Labute approximate surface area is 313 Å². The second kappa shape index (κ2) is 17.1. The molecular weight excluding hydrogens is 737 g/mol. The monoisotopic (exact) mass is 776 g/mol. The van der Waals surface area contributed by atoms with Crippen molar-refractivity contribution in [1.82, 2.24) is 9.80 Å². The highest BCUT2D eigenvalue weighted by atomic mass is 32.2. The molecule has 2 saturated heterocycles. The van der Waals surface area contributed by atoms with E-state index < -0.39 is 41.8 Å². The van der Waals surface area contributed by atoms with Crippen LogP contribution in [-0.4, -0.2) is 100 Å². The number of ether oxygens (including phenoxy) is 2. The molecule has 284 valence electrons. The second-order valence-electron chi connectivity index (χ2n) is 12.9. The number of rotatable bonds is 12. The molecular formula is C38H40N4O10S2. The third kappa shape index (κ3) is 10.5. The molecule has 2 aliphatic heterocycles. The lowest BCUT2D eigenvalue weighted by molar-refractivity contribution is 0.0341. The fourth-order valence-electron chi connectivity index (χ4n) is 6.19. The van der Waals surface area contributed by atoms with E-state index >= 15 is 0 Å². The van der Waals surface area contributed by atoms with Crippen LogP contribution in [0, 0.1) is 0 Å². The third-order valence-electron chi connectivity index (χ3n) is 8.94. The molecule has 54 heavy (non-hydrogen) atoms. The Kier molecular flexibility index (Phi) is 12.4. The normalized spacial score (nSPS) is 16.0. The van der Waals surface area contributed by atoms with Crippen LogP contribution >= 0.6 is 0 Å². The summed E-state index contributed by atoms with van der Waals surface area (Å²) >= 11 is 0. The van der Waals surface area contributed by atoms with Crippen molar-refractivity contribution in [3.63, 3.8) is 0 Å². The van der Waals surface area contributed by atoms with Gasteiger partial charge < -0.3 is 20.1 Å².